The lowest BCUT2D eigenvalue weighted by Crippen LogP contribution is -2.08. The van der Waals surface area contributed by atoms with Gasteiger partial charge in [0.25, 0.3) is 0 Å². The lowest BCUT2D eigenvalue weighted by atomic mass is 9.96. The van der Waals surface area contributed by atoms with Crippen molar-refractivity contribution in [3.05, 3.63) is 34.3 Å². The van der Waals surface area contributed by atoms with E-state index in [1.54, 1.807) is 0 Å². The van der Waals surface area contributed by atoms with Gasteiger partial charge in [-0.25, -0.2) is 0 Å². The molecule has 1 aromatic rings. The highest BCUT2D eigenvalue weighted by molar-refractivity contribution is 6.31. The topological polar surface area (TPSA) is 12.0 Å². The highest BCUT2D eigenvalue weighted by atomic mass is 35.5. The molecule has 2 heteroatoms. The van der Waals surface area contributed by atoms with Gasteiger partial charge in [-0.15, -0.1) is 0 Å². The third-order valence-electron chi connectivity index (χ3n) is 3.57. The van der Waals surface area contributed by atoms with E-state index in [2.05, 4.69) is 23.5 Å². The molecule has 1 heterocycles. The molecule has 80 valence electrons. The maximum absolute atomic E-state index is 6.32. The van der Waals surface area contributed by atoms with Crippen LogP contribution < -0.4 is 5.32 Å². The maximum Gasteiger partial charge on any atom is 0.0443 e. The number of hydrogen-bond donors (Lipinski definition) is 1. The van der Waals surface area contributed by atoms with E-state index in [9.17, 15) is 0 Å². The molecule has 0 amide bonds. The Morgan fingerprint density at radius 1 is 1.13 bits per heavy atom. The highest BCUT2D eigenvalue weighted by Crippen LogP contribution is 2.43. The first-order chi connectivity index (χ1) is 7.34. The number of rotatable bonds is 2. The van der Waals surface area contributed by atoms with E-state index >= 15 is 0 Å². The summed E-state index contributed by atoms with van der Waals surface area (Å²) in [5.74, 6) is 1.43. The average molecular weight is 222 g/mol. The quantitative estimate of drug-likeness (QED) is 0.808. The largest absolute Gasteiger partial charge is 0.316 e. The molecular weight excluding hydrogens is 206 g/mol. The molecule has 2 fully saturated rings. The van der Waals surface area contributed by atoms with Crippen LogP contribution in [0.1, 0.15) is 42.2 Å². The van der Waals surface area contributed by atoms with E-state index in [4.69, 9.17) is 11.6 Å². The number of benzene rings is 1. The van der Waals surface area contributed by atoms with Gasteiger partial charge in [-0.2, -0.15) is 0 Å². The van der Waals surface area contributed by atoms with Crippen molar-refractivity contribution >= 4 is 11.6 Å². The first-order valence-electron chi connectivity index (χ1n) is 5.84. The summed E-state index contributed by atoms with van der Waals surface area (Å²) >= 11 is 6.32. The fourth-order valence-corrected chi connectivity index (χ4v) is 2.81. The van der Waals surface area contributed by atoms with Crippen molar-refractivity contribution in [2.45, 2.75) is 31.1 Å². The highest BCUT2D eigenvalue weighted by Gasteiger charge is 2.26. The summed E-state index contributed by atoms with van der Waals surface area (Å²) in [7, 11) is 0. The third kappa shape index (κ3) is 1.91. The molecule has 1 saturated carbocycles. The molecule has 1 nitrogen and oxygen atoms in total. The van der Waals surface area contributed by atoms with Gasteiger partial charge in [-0.3, -0.25) is 0 Å². The first-order valence-corrected chi connectivity index (χ1v) is 6.22. The van der Waals surface area contributed by atoms with Gasteiger partial charge in [0, 0.05) is 11.6 Å². The van der Waals surface area contributed by atoms with Gasteiger partial charge in [-0.05, 0) is 54.8 Å². The standard InChI is InChI=1S/C13H16ClN/c14-13-7-10(11-5-6-15-8-11)3-4-12(13)9-1-2-9/h3-4,7,9,11,15H,1-2,5-6,8H2. The van der Waals surface area contributed by atoms with Crippen molar-refractivity contribution in [3.8, 4) is 0 Å². The van der Waals surface area contributed by atoms with Crippen LogP contribution in [0.15, 0.2) is 18.2 Å². The fraction of sp³-hybridized carbons (Fsp3) is 0.538. The molecule has 1 unspecified atom stereocenters. The zero-order valence-electron chi connectivity index (χ0n) is 8.80. The van der Waals surface area contributed by atoms with Crippen molar-refractivity contribution in [1.29, 1.82) is 0 Å². The lowest BCUT2D eigenvalue weighted by molar-refractivity contribution is 0.763. The minimum Gasteiger partial charge on any atom is -0.316 e. The molecule has 0 bridgehead atoms. The number of hydrogen-bond acceptors (Lipinski definition) is 1. The lowest BCUT2D eigenvalue weighted by Gasteiger charge is -2.11. The van der Waals surface area contributed by atoms with Crippen LogP contribution in [0.5, 0.6) is 0 Å². The molecule has 1 aliphatic heterocycles. The van der Waals surface area contributed by atoms with Crippen molar-refractivity contribution in [2.24, 2.45) is 0 Å². The van der Waals surface area contributed by atoms with Gasteiger partial charge in [-0.1, -0.05) is 23.7 Å². The van der Waals surface area contributed by atoms with Crippen LogP contribution in [-0.2, 0) is 0 Å². The molecular formula is C13H16ClN. The molecule has 1 atom stereocenters. The van der Waals surface area contributed by atoms with Gasteiger partial charge in [0.2, 0.25) is 0 Å². The minimum atomic E-state index is 0.677. The summed E-state index contributed by atoms with van der Waals surface area (Å²) in [6.45, 7) is 2.26. The van der Waals surface area contributed by atoms with Crippen LogP contribution in [0.25, 0.3) is 0 Å². The van der Waals surface area contributed by atoms with Crippen LogP contribution in [-0.4, -0.2) is 13.1 Å². The van der Waals surface area contributed by atoms with E-state index < -0.39 is 0 Å². The number of nitrogens with one attached hydrogen (secondary N) is 1. The van der Waals surface area contributed by atoms with Crippen LogP contribution in [0.2, 0.25) is 5.02 Å². The monoisotopic (exact) mass is 221 g/mol. The minimum absolute atomic E-state index is 0.677. The molecule has 3 rings (SSSR count). The van der Waals surface area contributed by atoms with Crippen LogP contribution in [0.4, 0.5) is 0 Å². The van der Waals surface area contributed by atoms with Gasteiger partial charge >= 0.3 is 0 Å². The Morgan fingerprint density at radius 2 is 2.00 bits per heavy atom. The Morgan fingerprint density at radius 3 is 2.60 bits per heavy atom. The molecule has 0 aromatic heterocycles. The Kier molecular flexibility index (Phi) is 2.45. The van der Waals surface area contributed by atoms with Crippen molar-refractivity contribution in [1.82, 2.24) is 5.32 Å². The Bertz CT molecular complexity index is 365. The van der Waals surface area contributed by atoms with Crippen LogP contribution in [0, 0.1) is 0 Å². The summed E-state index contributed by atoms with van der Waals surface area (Å²) in [5, 5.41) is 4.38. The Balaban J connectivity index is 1.87. The smallest absolute Gasteiger partial charge is 0.0443 e. The molecule has 2 aliphatic rings. The van der Waals surface area contributed by atoms with E-state index in [-0.39, 0.29) is 0 Å². The van der Waals surface area contributed by atoms with Crippen LogP contribution >= 0.6 is 11.6 Å². The second-order valence-electron chi connectivity index (χ2n) is 4.74. The predicted molar refractivity (Wildman–Crippen MR) is 63.7 cm³/mol. The molecule has 15 heavy (non-hydrogen) atoms. The van der Waals surface area contributed by atoms with Crippen LogP contribution in [0.3, 0.4) is 0 Å². The van der Waals surface area contributed by atoms with Gasteiger partial charge in [0.05, 0.1) is 0 Å². The summed E-state index contributed by atoms with van der Waals surface area (Å²) in [4.78, 5) is 0. The van der Waals surface area contributed by atoms with E-state index in [0.717, 1.165) is 24.0 Å². The zero-order valence-corrected chi connectivity index (χ0v) is 9.56. The molecule has 1 aromatic carbocycles. The summed E-state index contributed by atoms with van der Waals surface area (Å²) in [6.07, 6.45) is 3.90. The summed E-state index contributed by atoms with van der Waals surface area (Å²) in [6, 6.07) is 6.71. The van der Waals surface area contributed by atoms with Gasteiger partial charge in [0.1, 0.15) is 0 Å². The van der Waals surface area contributed by atoms with E-state index in [1.165, 1.54) is 30.4 Å². The van der Waals surface area contributed by atoms with Crippen molar-refractivity contribution < 1.29 is 0 Å². The second kappa shape index (κ2) is 3.80. The van der Waals surface area contributed by atoms with E-state index in [1.807, 2.05) is 0 Å². The first kappa shape index (κ1) is 9.68. The normalized spacial score (nSPS) is 25.8. The molecule has 1 aliphatic carbocycles. The van der Waals surface area contributed by atoms with Crippen molar-refractivity contribution in [3.63, 3.8) is 0 Å². The zero-order chi connectivity index (χ0) is 10.3. The Hall–Kier alpha value is -0.530. The number of halogens is 1. The predicted octanol–water partition coefficient (Wildman–Crippen LogP) is 3.29. The molecule has 1 N–H and O–H groups in total. The summed E-state index contributed by atoms with van der Waals surface area (Å²) < 4.78 is 0. The van der Waals surface area contributed by atoms with Gasteiger partial charge in [0.15, 0.2) is 0 Å². The molecule has 0 spiro atoms. The summed E-state index contributed by atoms with van der Waals surface area (Å²) in [5.41, 5.74) is 2.78. The maximum atomic E-state index is 6.32. The second-order valence-corrected chi connectivity index (χ2v) is 5.15. The van der Waals surface area contributed by atoms with Gasteiger partial charge < -0.3 is 5.32 Å². The molecule has 0 radical (unpaired) electrons. The molecule has 1 saturated heterocycles. The Labute approximate surface area is 95.8 Å². The third-order valence-corrected chi connectivity index (χ3v) is 3.90. The van der Waals surface area contributed by atoms with Crippen molar-refractivity contribution in [2.75, 3.05) is 13.1 Å². The fourth-order valence-electron chi connectivity index (χ4n) is 2.46. The SMILES string of the molecule is Clc1cc(C2CCNC2)ccc1C1CC1. The van der Waals surface area contributed by atoms with E-state index in [0.29, 0.717) is 5.92 Å². The average Bonchev–Trinajstić information content (AvgIpc) is 2.93.